The predicted octanol–water partition coefficient (Wildman–Crippen LogP) is 2.30. The molecule has 0 aliphatic carbocycles. The molecule has 100 valence electrons. The van der Waals surface area contributed by atoms with E-state index in [1.165, 1.54) is 6.92 Å². The van der Waals surface area contributed by atoms with Crippen molar-refractivity contribution in [1.29, 1.82) is 0 Å². The zero-order chi connectivity index (χ0) is 13.9. The number of carboxylic acids is 1. The van der Waals surface area contributed by atoms with E-state index in [2.05, 4.69) is 13.8 Å². The molecule has 0 spiro atoms. The maximum atomic E-state index is 10.9. The molecular weight excluding hydrogens is 230 g/mol. The van der Waals surface area contributed by atoms with Gasteiger partial charge in [0.15, 0.2) is 0 Å². The van der Waals surface area contributed by atoms with Crippen LogP contribution in [0.1, 0.15) is 37.8 Å². The fraction of sp³-hybridized carbons (Fsp3) is 0.500. The lowest BCUT2D eigenvalue weighted by Gasteiger charge is -2.21. The summed E-state index contributed by atoms with van der Waals surface area (Å²) in [6.45, 7) is 7.51. The molecule has 1 aromatic rings. The molecule has 0 amide bonds. The Morgan fingerprint density at radius 1 is 1.50 bits per heavy atom. The third kappa shape index (κ3) is 3.47. The van der Waals surface area contributed by atoms with Crippen LogP contribution in [0.5, 0.6) is 5.75 Å². The Kier molecular flexibility index (Phi) is 4.35. The summed E-state index contributed by atoms with van der Waals surface area (Å²) < 4.78 is 5.55. The van der Waals surface area contributed by atoms with Gasteiger partial charge in [0.1, 0.15) is 17.9 Å². The molecule has 0 aliphatic rings. The summed E-state index contributed by atoms with van der Waals surface area (Å²) in [6, 6.07) is 5.96. The SMILES string of the molecule is Cc1ccc(C(C)C)cc1OCC(C)(N)C(=O)O. The van der Waals surface area contributed by atoms with Gasteiger partial charge in [-0.15, -0.1) is 0 Å². The van der Waals surface area contributed by atoms with Crippen molar-refractivity contribution in [2.45, 2.75) is 39.2 Å². The summed E-state index contributed by atoms with van der Waals surface area (Å²) in [5, 5.41) is 8.93. The molecule has 0 aliphatic heterocycles. The fourth-order valence-corrected chi connectivity index (χ4v) is 1.42. The van der Waals surface area contributed by atoms with Gasteiger partial charge in [0.2, 0.25) is 0 Å². The average Bonchev–Trinajstić information content (AvgIpc) is 2.27. The van der Waals surface area contributed by atoms with Gasteiger partial charge in [-0.2, -0.15) is 0 Å². The number of aryl methyl sites for hydroxylation is 1. The number of nitrogens with two attached hydrogens (primary N) is 1. The Hall–Kier alpha value is -1.55. The predicted molar refractivity (Wildman–Crippen MR) is 71.0 cm³/mol. The summed E-state index contributed by atoms with van der Waals surface area (Å²) >= 11 is 0. The van der Waals surface area contributed by atoms with E-state index in [0.29, 0.717) is 11.7 Å². The molecule has 1 rings (SSSR count). The first-order chi connectivity index (χ1) is 8.24. The van der Waals surface area contributed by atoms with Crippen molar-refractivity contribution in [3.63, 3.8) is 0 Å². The van der Waals surface area contributed by atoms with E-state index in [9.17, 15) is 4.79 Å². The number of rotatable bonds is 5. The molecule has 1 atom stereocenters. The Morgan fingerprint density at radius 3 is 2.61 bits per heavy atom. The zero-order valence-electron chi connectivity index (χ0n) is 11.4. The fourth-order valence-electron chi connectivity index (χ4n) is 1.42. The third-order valence-corrected chi connectivity index (χ3v) is 2.89. The first kappa shape index (κ1) is 14.5. The molecular formula is C14H21NO3. The van der Waals surface area contributed by atoms with Crippen LogP contribution in [0.3, 0.4) is 0 Å². The summed E-state index contributed by atoms with van der Waals surface area (Å²) in [7, 11) is 0. The van der Waals surface area contributed by atoms with Crippen LogP contribution in [0.25, 0.3) is 0 Å². The Labute approximate surface area is 108 Å². The molecule has 0 bridgehead atoms. The van der Waals surface area contributed by atoms with Crippen LogP contribution < -0.4 is 10.5 Å². The number of benzene rings is 1. The van der Waals surface area contributed by atoms with Crippen LogP contribution in [-0.4, -0.2) is 23.2 Å². The van der Waals surface area contributed by atoms with Gasteiger partial charge in [-0.25, -0.2) is 0 Å². The van der Waals surface area contributed by atoms with E-state index in [4.69, 9.17) is 15.6 Å². The Balaban J connectivity index is 2.84. The first-order valence-electron chi connectivity index (χ1n) is 5.99. The largest absolute Gasteiger partial charge is 0.491 e. The van der Waals surface area contributed by atoms with Crippen molar-refractivity contribution in [2.24, 2.45) is 5.73 Å². The van der Waals surface area contributed by atoms with E-state index in [-0.39, 0.29) is 6.61 Å². The zero-order valence-corrected chi connectivity index (χ0v) is 11.4. The second-order valence-corrected chi connectivity index (χ2v) is 5.19. The quantitative estimate of drug-likeness (QED) is 0.842. The third-order valence-electron chi connectivity index (χ3n) is 2.89. The van der Waals surface area contributed by atoms with Gasteiger partial charge < -0.3 is 15.6 Å². The van der Waals surface area contributed by atoms with Gasteiger partial charge in [-0.1, -0.05) is 26.0 Å². The van der Waals surface area contributed by atoms with Crippen LogP contribution in [0, 0.1) is 6.92 Å². The van der Waals surface area contributed by atoms with Crippen LogP contribution in [0.15, 0.2) is 18.2 Å². The van der Waals surface area contributed by atoms with Gasteiger partial charge in [0, 0.05) is 0 Å². The topological polar surface area (TPSA) is 72.5 Å². The number of aliphatic carboxylic acids is 1. The molecule has 18 heavy (non-hydrogen) atoms. The molecule has 0 radical (unpaired) electrons. The summed E-state index contributed by atoms with van der Waals surface area (Å²) in [4.78, 5) is 10.9. The molecule has 4 nitrogen and oxygen atoms in total. The van der Waals surface area contributed by atoms with Crippen LogP contribution in [0.2, 0.25) is 0 Å². The van der Waals surface area contributed by atoms with E-state index in [0.717, 1.165) is 11.1 Å². The summed E-state index contributed by atoms with van der Waals surface area (Å²) in [6.07, 6.45) is 0. The maximum Gasteiger partial charge on any atom is 0.326 e. The standard InChI is InChI=1S/C14H21NO3/c1-9(2)11-6-5-10(3)12(7-11)18-8-14(4,15)13(16)17/h5-7,9H,8,15H2,1-4H3,(H,16,17). The molecule has 1 aromatic carbocycles. The molecule has 0 heterocycles. The van der Waals surface area contributed by atoms with Crippen molar-refractivity contribution in [3.8, 4) is 5.75 Å². The van der Waals surface area contributed by atoms with Crippen molar-refractivity contribution >= 4 is 5.97 Å². The normalized spacial score (nSPS) is 14.3. The van der Waals surface area contributed by atoms with E-state index < -0.39 is 11.5 Å². The molecule has 0 fully saturated rings. The van der Waals surface area contributed by atoms with Gasteiger partial charge in [0.05, 0.1) is 0 Å². The second kappa shape index (κ2) is 5.40. The lowest BCUT2D eigenvalue weighted by molar-refractivity contribution is -0.143. The number of carboxylic acid groups (broad SMARTS) is 1. The lowest BCUT2D eigenvalue weighted by Crippen LogP contribution is -2.50. The van der Waals surface area contributed by atoms with Gasteiger partial charge in [-0.05, 0) is 37.0 Å². The minimum atomic E-state index is -1.37. The van der Waals surface area contributed by atoms with Crippen molar-refractivity contribution in [1.82, 2.24) is 0 Å². The van der Waals surface area contributed by atoms with Crippen molar-refractivity contribution < 1.29 is 14.6 Å². The minimum absolute atomic E-state index is 0.0509. The number of hydrogen-bond acceptors (Lipinski definition) is 3. The maximum absolute atomic E-state index is 10.9. The summed E-state index contributed by atoms with van der Waals surface area (Å²) in [5.41, 5.74) is 6.39. The molecule has 3 N–H and O–H groups in total. The molecule has 1 unspecified atom stereocenters. The molecule has 0 saturated heterocycles. The van der Waals surface area contributed by atoms with Gasteiger partial charge >= 0.3 is 5.97 Å². The average molecular weight is 251 g/mol. The molecule has 0 saturated carbocycles. The van der Waals surface area contributed by atoms with Crippen LogP contribution in [-0.2, 0) is 4.79 Å². The highest BCUT2D eigenvalue weighted by atomic mass is 16.5. The van der Waals surface area contributed by atoms with Gasteiger partial charge in [-0.3, -0.25) is 4.79 Å². The second-order valence-electron chi connectivity index (χ2n) is 5.19. The minimum Gasteiger partial charge on any atom is -0.491 e. The first-order valence-corrected chi connectivity index (χ1v) is 5.99. The number of ether oxygens (including phenoxy) is 1. The van der Waals surface area contributed by atoms with Crippen molar-refractivity contribution in [2.75, 3.05) is 6.61 Å². The highest BCUT2D eigenvalue weighted by Crippen LogP contribution is 2.24. The molecule has 0 aromatic heterocycles. The Morgan fingerprint density at radius 2 is 2.11 bits per heavy atom. The van der Waals surface area contributed by atoms with Gasteiger partial charge in [0.25, 0.3) is 0 Å². The smallest absolute Gasteiger partial charge is 0.326 e. The van der Waals surface area contributed by atoms with Crippen LogP contribution >= 0.6 is 0 Å². The van der Waals surface area contributed by atoms with E-state index in [1.807, 2.05) is 25.1 Å². The van der Waals surface area contributed by atoms with E-state index >= 15 is 0 Å². The van der Waals surface area contributed by atoms with Crippen LogP contribution in [0.4, 0.5) is 0 Å². The van der Waals surface area contributed by atoms with Crippen molar-refractivity contribution in [3.05, 3.63) is 29.3 Å². The monoisotopic (exact) mass is 251 g/mol. The Bertz CT molecular complexity index is 439. The summed E-state index contributed by atoms with van der Waals surface area (Å²) in [5.74, 6) is 0.0241. The molecule has 4 heteroatoms. The lowest BCUT2D eigenvalue weighted by atomic mass is 10.0. The highest BCUT2D eigenvalue weighted by molar-refractivity contribution is 5.78. The van der Waals surface area contributed by atoms with E-state index in [1.54, 1.807) is 0 Å². The highest BCUT2D eigenvalue weighted by Gasteiger charge is 2.29. The number of hydrogen-bond donors (Lipinski definition) is 2. The number of carbonyl (C=O) groups is 1.